The summed E-state index contributed by atoms with van der Waals surface area (Å²) in [5.41, 5.74) is 1.74. The number of rotatable bonds is 4. The van der Waals surface area contributed by atoms with E-state index in [4.69, 9.17) is 9.47 Å². The third-order valence-corrected chi connectivity index (χ3v) is 3.76. The first kappa shape index (κ1) is 13.9. The van der Waals surface area contributed by atoms with Crippen molar-refractivity contribution < 1.29 is 13.9 Å². The summed E-state index contributed by atoms with van der Waals surface area (Å²) in [5.74, 6) is 0.891. The maximum absolute atomic E-state index is 14.1. The van der Waals surface area contributed by atoms with Gasteiger partial charge in [-0.15, -0.1) is 0 Å². The maximum atomic E-state index is 14.1. The average Bonchev–Trinajstić information content (AvgIpc) is 2.54. The van der Waals surface area contributed by atoms with Crippen LogP contribution in [0.2, 0.25) is 0 Å². The van der Waals surface area contributed by atoms with Crippen LogP contribution in [-0.2, 0) is 6.54 Å². The molecule has 0 spiro atoms. The lowest BCUT2D eigenvalue weighted by molar-refractivity contribution is 0.251. The van der Waals surface area contributed by atoms with Crippen LogP contribution >= 0.6 is 0 Å². The highest BCUT2D eigenvalue weighted by atomic mass is 19.1. The number of nitrogens with one attached hydrogen (secondary N) is 1. The van der Waals surface area contributed by atoms with Crippen molar-refractivity contribution in [2.45, 2.75) is 19.0 Å². The monoisotopic (exact) mass is 287 g/mol. The molecule has 0 radical (unpaired) electrons. The summed E-state index contributed by atoms with van der Waals surface area (Å²) in [6.07, 6.45) is 0.878. The summed E-state index contributed by atoms with van der Waals surface area (Å²) in [6.45, 7) is 1.14. The van der Waals surface area contributed by atoms with E-state index in [9.17, 15) is 4.39 Å². The predicted molar refractivity (Wildman–Crippen MR) is 79.1 cm³/mol. The van der Waals surface area contributed by atoms with Crippen molar-refractivity contribution in [2.24, 2.45) is 0 Å². The molecule has 3 nitrogen and oxygen atoms in total. The van der Waals surface area contributed by atoms with Crippen LogP contribution in [0.5, 0.6) is 11.5 Å². The zero-order valence-corrected chi connectivity index (χ0v) is 11.9. The number of fused-ring (bicyclic) bond motifs is 1. The van der Waals surface area contributed by atoms with E-state index in [1.54, 1.807) is 18.2 Å². The second-order valence-electron chi connectivity index (χ2n) is 5.04. The first-order valence-electron chi connectivity index (χ1n) is 7.06. The van der Waals surface area contributed by atoms with E-state index < -0.39 is 0 Å². The van der Waals surface area contributed by atoms with Crippen LogP contribution in [0.4, 0.5) is 4.39 Å². The lowest BCUT2D eigenvalue weighted by Gasteiger charge is -2.26. The molecule has 0 saturated heterocycles. The van der Waals surface area contributed by atoms with Gasteiger partial charge in [0.15, 0.2) is 11.6 Å². The van der Waals surface area contributed by atoms with Crippen molar-refractivity contribution in [3.8, 4) is 11.5 Å². The third kappa shape index (κ3) is 2.85. The average molecular weight is 287 g/mol. The third-order valence-electron chi connectivity index (χ3n) is 3.76. The van der Waals surface area contributed by atoms with Gasteiger partial charge in [0.05, 0.1) is 13.7 Å². The molecule has 1 N–H and O–H groups in total. The first-order chi connectivity index (χ1) is 10.3. The highest BCUT2D eigenvalue weighted by Crippen LogP contribution is 2.32. The van der Waals surface area contributed by atoms with Crippen LogP contribution in [0.25, 0.3) is 0 Å². The van der Waals surface area contributed by atoms with Crippen molar-refractivity contribution in [3.05, 3.63) is 59.4 Å². The number of para-hydroxylation sites is 1. The number of hydrogen-bond acceptors (Lipinski definition) is 3. The second kappa shape index (κ2) is 6.14. The molecule has 1 unspecified atom stereocenters. The summed E-state index contributed by atoms with van der Waals surface area (Å²) in [4.78, 5) is 0. The van der Waals surface area contributed by atoms with Gasteiger partial charge in [-0.05, 0) is 12.1 Å². The number of methoxy groups -OCH3 is 1. The zero-order chi connectivity index (χ0) is 14.7. The van der Waals surface area contributed by atoms with Crippen LogP contribution in [0.15, 0.2) is 42.5 Å². The summed E-state index contributed by atoms with van der Waals surface area (Å²) < 4.78 is 24.8. The molecule has 21 heavy (non-hydrogen) atoms. The Labute approximate surface area is 123 Å². The minimum atomic E-state index is -0.298. The topological polar surface area (TPSA) is 30.5 Å². The van der Waals surface area contributed by atoms with E-state index in [0.717, 1.165) is 17.7 Å². The molecule has 2 aromatic rings. The van der Waals surface area contributed by atoms with Gasteiger partial charge in [0, 0.05) is 30.1 Å². The number of hydrogen-bond donors (Lipinski definition) is 1. The Morgan fingerprint density at radius 2 is 2.10 bits per heavy atom. The van der Waals surface area contributed by atoms with Crippen LogP contribution < -0.4 is 14.8 Å². The van der Waals surface area contributed by atoms with Crippen LogP contribution in [0, 0.1) is 5.82 Å². The standard InChI is InChI=1S/C17H18FNO2/c1-20-16-8-4-5-12(17(16)18)11-19-14-9-10-21-15-7-3-2-6-13(14)15/h2-8,14,19H,9-11H2,1H3. The molecule has 1 atom stereocenters. The van der Waals surface area contributed by atoms with Gasteiger partial charge < -0.3 is 14.8 Å². The molecule has 1 aliphatic heterocycles. The molecule has 110 valence electrons. The molecular formula is C17H18FNO2. The Morgan fingerprint density at radius 1 is 1.24 bits per heavy atom. The molecular weight excluding hydrogens is 269 g/mol. The fourth-order valence-electron chi connectivity index (χ4n) is 2.64. The van der Waals surface area contributed by atoms with Crippen molar-refractivity contribution in [1.29, 1.82) is 0 Å². The number of ether oxygens (including phenoxy) is 2. The van der Waals surface area contributed by atoms with Gasteiger partial charge in [0.25, 0.3) is 0 Å². The minimum Gasteiger partial charge on any atom is -0.494 e. The summed E-state index contributed by atoms with van der Waals surface area (Å²) >= 11 is 0. The van der Waals surface area contributed by atoms with E-state index in [2.05, 4.69) is 5.32 Å². The zero-order valence-electron chi connectivity index (χ0n) is 11.9. The summed E-state index contributed by atoms with van der Waals surface area (Å²) in [5, 5.41) is 3.41. The number of halogens is 1. The Kier molecular flexibility index (Phi) is 4.06. The van der Waals surface area contributed by atoms with E-state index >= 15 is 0 Å². The van der Waals surface area contributed by atoms with E-state index in [-0.39, 0.29) is 17.6 Å². The lowest BCUT2D eigenvalue weighted by Crippen LogP contribution is -2.27. The normalized spacial score (nSPS) is 17.0. The predicted octanol–water partition coefficient (Wildman–Crippen LogP) is 3.45. The Hall–Kier alpha value is -2.07. The SMILES string of the molecule is COc1cccc(CNC2CCOc3ccccc32)c1F. The van der Waals surface area contributed by atoms with Crippen molar-refractivity contribution in [2.75, 3.05) is 13.7 Å². The highest BCUT2D eigenvalue weighted by Gasteiger charge is 2.21. The molecule has 1 heterocycles. The van der Waals surface area contributed by atoms with Gasteiger partial charge in [-0.25, -0.2) is 4.39 Å². The van der Waals surface area contributed by atoms with Gasteiger partial charge in [-0.2, -0.15) is 0 Å². The summed E-state index contributed by atoms with van der Waals surface area (Å²) in [6, 6.07) is 13.4. The van der Waals surface area contributed by atoms with Crippen LogP contribution in [0.1, 0.15) is 23.6 Å². The Morgan fingerprint density at radius 3 is 2.95 bits per heavy atom. The smallest absolute Gasteiger partial charge is 0.169 e. The van der Waals surface area contributed by atoms with Gasteiger partial charge in [0.2, 0.25) is 0 Å². The molecule has 0 aliphatic carbocycles. The fourth-order valence-corrected chi connectivity index (χ4v) is 2.64. The first-order valence-corrected chi connectivity index (χ1v) is 7.06. The minimum absolute atomic E-state index is 0.181. The Bertz CT molecular complexity index is 630. The quantitative estimate of drug-likeness (QED) is 0.934. The van der Waals surface area contributed by atoms with E-state index in [1.807, 2.05) is 24.3 Å². The molecule has 0 fully saturated rings. The molecule has 2 aromatic carbocycles. The molecule has 4 heteroatoms. The molecule has 1 aliphatic rings. The Balaban J connectivity index is 1.75. The lowest BCUT2D eigenvalue weighted by atomic mass is 10.0. The molecule has 0 saturated carbocycles. The van der Waals surface area contributed by atoms with Crippen LogP contribution in [-0.4, -0.2) is 13.7 Å². The molecule has 0 amide bonds. The van der Waals surface area contributed by atoms with E-state index in [0.29, 0.717) is 18.7 Å². The van der Waals surface area contributed by atoms with Crippen LogP contribution in [0.3, 0.4) is 0 Å². The van der Waals surface area contributed by atoms with Gasteiger partial charge >= 0.3 is 0 Å². The van der Waals surface area contributed by atoms with Gasteiger partial charge in [-0.1, -0.05) is 30.3 Å². The number of benzene rings is 2. The van der Waals surface area contributed by atoms with Crippen molar-refractivity contribution in [1.82, 2.24) is 5.32 Å². The summed E-state index contributed by atoms with van der Waals surface area (Å²) in [7, 11) is 1.48. The molecule has 3 rings (SSSR count). The van der Waals surface area contributed by atoms with Gasteiger partial charge in [-0.3, -0.25) is 0 Å². The second-order valence-corrected chi connectivity index (χ2v) is 5.04. The molecule has 0 bridgehead atoms. The maximum Gasteiger partial charge on any atom is 0.169 e. The fraction of sp³-hybridized carbons (Fsp3) is 0.294. The van der Waals surface area contributed by atoms with Gasteiger partial charge in [0.1, 0.15) is 5.75 Å². The highest BCUT2D eigenvalue weighted by molar-refractivity contribution is 5.37. The van der Waals surface area contributed by atoms with E-state index in [1.165, 1.54) is 7.11 Å². The molecule has 0 aromatic heterocycles. The van der Waals surface area contributed by atoms with Crippen molar-refractivity contribution in [3.63, 3.8) is 0 Å². The largest absolute Gasteiger partial charge is 0.494 e. The van der Waals surface area contributed by atoms with Crippen molar-refractivity contribution >= 4 is 0 Å².